The molecule has 3 heterocycles. The van der Waals surface area contributed by atoms with Crippen molar-refractivity contribution < 1.29 is 4.65 Å². The second-order valence-corrected chi connectivity index (χ2v) is 3.12. The van der Waals surface area contributed by atoms with E-state index in [1.165, 1.54) is 7.48 Å². The summed E-state index contributed by atoms with van der Waals surface area (Å²) in [6.45, 7) is 1.83. The number of allylic oxidation sites excluding steroid dienone is 4. The summed E-state index contributed by atoms with van der Waals surface area (Å²) in [5, 5.41) is 4.26. The fourth-order valence-corrected chi connectivity index (χ4v) is 1.45. The molecule has 0 unspecified atom stereocenters. The molecule has 2 aliphatic rings. The van der Waals surface area contributed by atoms with Crippen molar-refractivity contribution in [2.75, 3.05) is 0 Å². The molecule has 0 amide bonds. The van der Waals surface area contributed by atoms with E-state index in [1.807, 2.05) is 19.1 Å². The highest BCUT2D eigenvalue weighted by Gasteiger charge is 2.23. The minimum Gasteiger partial charge on any atom is -0.539 e. The Balaban J connectivity index is 2.23. The van der Waals surface area contributed by atoms with E-state index in [1.54, 1.807) is 10.8 Å². The van der Waals surface area contributed by atoms with Gasteiger partial charge in [0.15, 0.2) is 0 Å². The predicted molar refractivity (Wildman–Crippen MR) is 55.6 cm³/mol. The average Bonchev–Trinajstić information content (AvgIpc) is 2.48. The number of hydrogen-bond acceptors (Lipinski definition) is 4. The van der Waals surface area contributed by atoms with Crippen LogP contribution in [0.2, 0.25) is 0 Å². The molecule has 15 heavy (non-hydrogen) atoms. The van der Waals surface area contributed by atoms with Gasteiger partial charge in [0, 0.05) is 0 Å². The zero-order valence-corrected chi connectivity index (χ0v) is 8.01. The smallest absolute Gasteiger partial charge is 0.454 e. The third kappa shape index (κ3) is 1.23. The van der Waals surface area contributed by atoms with Gasteiger partial charge in [-0.25, -0.2) is 9.67 Å². The van der Waals surface area contributed by atoms with Crippen molar-refractivity contribution in [3.63, 3.8) is 0 Å². The molecular weight excluding hydrogens is 191 g/mol. The molecular formula is C9H6BN4O. The summed E-state index contributed by atoms with van der Waals surface area (Å²) >= 11 is 0. The summed E-state index contributed by atoms with van der Waals surface area (Å²) in [6.07, 6.45) is 5.41. The Labute approximate surface area is 86.8 Å². The summed E-state index contributed by atoms with van der Waals surface area (Å²) in [4.78, 5) is 8.23. The lowest BCUT2D eigenvalue weighted by molar-refractivity contribution is 0.446. The Bertz CT molecular complexity index is 548. The molecule has 5 nitrogen and oxygen atoms in total. The SMILES string of the molecule is Cc1nc2n(n1)C1=C(N=C=CC=C1)O[B]2. The van der Waals surface area contributed by atoms with Crippen LogP contribution in [0, 0.1) is 6.92 Å². The normalized spacial score (nSPS) is 16.6. The Kier molecular flexibility index (Phi) is 1.63. The first-order valence-electron chi connectivity index (χ1n) is 4.49. The van der Waals surface area contributed by atoms with Crippen LogP contribution in [0.5, 0.6) is 0 Å². The molecule has 6 heteroatoms. The standard InChI is InChI=1S/C9H6BN4O/c1-6-12-9-10-15-8-7(14(9)13-6)4-2-3-5-11-8/h2-4H,1H3. The van der Waals surface area contributed by atoms with Crippen LogP contribution >= 0.6 is 0 Å². The number of rotatable bonds is 0. The molecule has 0 saturated heterocycles. The Hall–Kier alpha value is -2.07. The maximum Gasteiger partial charge on any atom is 0.454 e. The number of fused-ring (bicyclic) bond motifs is 2. The molecule has 0 saturated carbocycles. The minimum atomic E-state index is 0.484. The second-order valence-electron chi connectivity index (χ2n) is 3.12. The van der Waals surface area contributed by atoms with Crippen molar-refractivity contribution in [1.82, 2.24) is 14.8 Å². The summed E-state index contributed by atoms with van der Waals surface area (Å²) in [7, 11) is 1.53. The highest BCUT2D eigenvalue weighted by Crippen LogP contribution is 2.17. The van der Waals surface area contributed by atoms with Gasteiger partial charge in [-0.1, -0.05) is 6.08 Å². The highest BCUT2D eigenvalue weighted by atomic mass is 16.4. The minimum absolute atomic E-state index is 0.484. The van der Waals surface area contributed by atoms with E-state index in [0.29, 0.717) is 17.4 Å². The van der Waals surface area contributed by atoms with Crippen LogP contribution in [0.25, 0.3) is 5.70 Å². The van der Waals surface area contributed by atoms with Crippen molar-refractivity contribution in [2.24, 2.45) is 4.99 Å². The van der Waals surface area contributed by atoms with Gasteiger partial charge < -0.3 is 4.65 Å². The number of aliphatic imine (C=N–C) groups is 1. The van der Waals surface area contributed by atoms with Crippen LogP contribution in [-0.2, 0) is 4.65 Å². The Morgan fingerprint density at radius 2 is 2.47 bits per heavy atom. The van der Waals surface area contributed by atoms with E-state index < -0.39 is 0 Å². The van der Waals surface area contributed by atoms with Crippen LogP contribution in [0.1, 0.15) is 5.82 Å². The van der Waals surface area contributed by atoms with E-state index in [0.717, 1.165) is 5.70 Å². The molecule has 0 bridgehead atoms. The first-order chi connectivity index (χ1) is 7.34. The lowest BCUT2D eigenvalue weighted by atomic mass is 9.99. The lowest BCUT2D eigenvalue weighted by Gasteiger charge is -2.14. The summed E-state index contributed by atoms with van der Waals surface area (Å²) in [6, 6.07) is 0. The largest absolute Gasteiger partial charge is 0.539 e. The van der Waals surface area contributed by atoms with Gasteiger partial charge in [0.1, 0.15) is 17.2 Å². The molecule has 1 aromatic rings. The van der Waals surface area contributed by atoms with Crippen LogP contribution in [-0.4, -0.2) is 28.1 Å². The monoisotopic (exact) mass is 197 g/mol. The zero-order chi connectivity index (χ0) is 10.3. The van der Waals surface area contributed by atoms with Crippen molar-refractivity contribution in [1.29, 1.82) is 0 Å². The van der Waals surface area contributed by atoms with Crippen LogP contribution < -0.4 is 5.72 Å². The van der Waals surface area contributed by atoms with Gasteiger partial charge in [0.2, 0.25) is 5.88 Å². The third-order valence-electron chi connectivity index (χ3n) is 2.05. The third-order valence-corrected chi connectivity index (χ3v) is 2.05. The van der Waals surface area contributed by atoms with E-state index in [2.05, 4.69) is 20.9 Å². The molecule has 0 fully saturated rings. The second kappa shape index (κ2) is 2.97. The first-order valence-corrected chi connectivity index (χ1v) is 4.49. The van der Waals surface area contributed by atoms with Crippen LogP contribution in [0.3, 0.4) is 0 Å². The molecule has 2 aliphatic heterocycles. The lowest BCUT2D eigenvalue weighted by Crippen LogP contribution is -2.33. The fraction of sp³-hybridized carbons (Fsp3) is 0.111. The first kappa shape index (κ1) is 8.26. The molecule has 1 radical (unpaired) electrons. The van der Waals surface area contributed by atoms with Crippen LogP contribution in [0.15, 0.2) is 29.1 Å². The van der Waals surface area contributed by atoms with Gasteiger partial charge in [0.25, 0.3) is 0 Å². The number of aryl methyl sites for hydroxylation is 1. The molecule has 0 spiro atoms. The quantitative estimate of drug-likeness (QED) is 0.540. The zero-order valence-electron chi connectivity index (χ0n) is 8.01. The molecule has 71 valence electrons. The van der Waals surface area contributed by atoms with E-state index >= 15 is 0 Å². The molecule has 0 aliphatic carbocycles. The van der Waals surface area contributed by atoms with E-state index in [-0.39, 0.29) is 0 Å². The number of aromatic nitrogens is 3. The predicted octanol–water partition coefficient (Wildman–Crippen LogP) is -0.217. The van der Waals surface area contributed by atoms with Gasteiger partial charge in [-0.2, -0.15) is 10.1 Å². The van der Waals surface area contributed by atoms with Crippen LogP contribution in [0.4, 0.5) is 0 Å². The fourth-order valence-electron chi connectivity index (χ4n) is 1.45. The van der Waals surface area contributed by atoms with E-state index in [9.17, 15) is 0 Å². The van der Waals surface area contributed by atoms with Gasteiger partial charge in [-0.15, -0.1) is 0 Å². The molecule has 0 atom stereocenters. The Morgan fingerprint density at radius 1 is 1.53 bits per heavy atom. The topological polar surface area (TPSA) is 52.3 Å². The highest BCUT2D eigenvalue weighted by molar-refractivity contribution is 6.45. The van der Waals surface area contributed by atoms with Gasteiger partial charge >= 0.3 is 7.48 Å². The summed E-state index contributed by atoms with van der Waals surface area (Å²) < 4.78 is 7.04. The molecule has 3 rings (SSSR count). The van der Waals surface area contributed by atoms with Gasteiger partial charge in [-0.05, 0) is 24.9 Å². The molecule has 0 N–H and O–H groups in total. The summed E-state index contributed by atoms with van der Waals surface area (Å²) in [5.74, 6) is 3.92. The average molecular weight is 197 g/mol. The number of hydrogen-bond donors (Lipinski definition) is 0. The maximum absolute atomic E-state index is 5.33. The molecule has 0 aromatic carbocycles. The van der Waals surface area contributed by atoms with Crippen molar-refractivity contribution in [3.8, 4) is 0 Å². The van der Waals surface area contributed by atoms with Crippen molar-refractivity contribution in [2.45, 2.75) is 6.92 Å². The summed E-state index contributed by atoms with van der Waals surface area (Å²) in [5.41, 5.74) is 1.45. The van der Waals surface area contributed by atoms with E-state index in [4.69, 9.17) is 4.65 Å². The van der Waals surface area contributed by atoms with Crippen molar-refractivity contribution >= 4 is 24.8 Å². The van der Waals surface area contributed by atoms with Gasteiger partial charge in [0.05, 0.1) is 0 Å². The number of nitrogens with zero attached hydrogens (tertiary/aromatic N) is 4. The van der Waals surface area contributed by atoms with Crippen molar-refractivity contribution in [3.05, 3.63) is 29.9 Å². The van der Waals surface area contributed by atoms with Gasteiger partial charge in [-0.3, -0.25) is 0 Å². The Morgan fingerprint density at radius 3 is 3.40 bits per heavy atom. The molecule has 1 aromatic heterocycles. The maximum atomic E-state index is 5.33.